The number of nitrogens with zero attached hydrogens (tertiary/aromatic N) is 4. The van der Waals surface area contributed by atoms with Crippen LogP contribution in [-0.4, -0.2) is 51.8 Å². The Hall–Kier alpha value is -1.92. The number of aryl methyl sites for hydroxylation is 1. The van der Waals surface area contributed by atoms with Gasteiger partial charge in [-0.25, -0.2) is 9.67 Å². The summed E-state index contributed by atoms with van der Waals surface area (Å²) < 4.78 is 1.77. The molecule has 1 fully saturated rings. The number of aromatic nitrogens is 3. The minimum Gasteiger partial charge on any atom is -0.334 e. The van der Waals surface area contributed by atoms with Crippen molar-refractivity contribution in [2.45, 2.75) is 32.2 Å². The number of amides is 1. The van der Waals surface area contributed by atoms with Gasteiger partial charge in [-0.1, -0.05) is 25.1 Å². The Morgan fingerprint density at radius 3 is 2.75 bits per heavy atom. The second kappa shape index (κ2) is 8.26. The lowest BCUT2D eigenvalue weighted by atomic mass is 10.1. The molecule has 24 heavy (non-hydrogen) atoms. The summed E-state index contributed by atoms with van der Waals surface area (Å²) in [5.74, 6) is 1.03. The fourth-order valence-electron chi connectivity index (χ4n) is 2.98. The van der Waals surface area contributed by atoms with Gasteiger partial charge in [0.2, 0.25) is 5.82 Å². The lowest BCUT2D eigenvalue weighted by molar-refractivity contribution is 0.0686. The molecular formula is C17H24ClN5O. The third-order valence-electron chi connectivity index (χ3n) is 4.30. The van der Waals surface area contributed by atoms with E-state index in [1.807, 2.05) is 49.2 Å². The molecule has 7 heteroatoms. The van der Waals surface area contributed by atoms with Crippen LogP contribution in [0.15, 0.2) is 30.3 Å². The number of nitrogens with one attached hydrogen (secondary N) is 1. The second-order valence-electron chi connectivity index (χ2n) is 5.83. The number of hydrogen-bond donors (Lipinski definition) is 1. The van der Waals surface area contributed by atoms with Gasteiger partial charge in [0.05, 0.1) is 5.69 Å². The maximum absolute atomic E-state index is 12.7. The van der Waals surface area contributed by atoms with Crippen molar-refractivity contribution < 1.29 is 4.79 Å². The number of hydrogen-bond acceptors (Lipinski definition) is 4. The second-order valence-corrected chi connectivity index (χ2v) is 5.83. The molecule has 6 nitrogen and oxygen atoms in total. The fourth-order valence-corrected chi connectivity index (χ4v) is 2.98. The minimum absolute atomic E-state index is 0. The Bertz CT molecular complexity index is 673. The molecule has 1 unspecified atom stereocenters. The molecule has 1 aliphatic heterocycles. The fraction of sp³-hybridized carbons (Fsp3) is 0.471. The zero-order chi connectivity index (χ0) is 16.2. The molecule has 130 valence electrons. The Labute approximate surface area is 148 Å². The Balaban J connectivity index is 0.00000208. The lowest BCUT2D eigenvalue weighted by Crippen LogP contribution is -2.47. The highest BCUT2D eigenvalue weighted by Crippen LogP contribution is 2.15. The van der Waals surface area contributed by atoms with E-state index >= 15 is 0 Å². The lowest BCUT2D eigenvalue weighted by Gasteiger charge is -2.31. The van der Waals surface area contributed by atoms with Crippen LogP contribution < -0.4 is 5.32 Å². The normalized spacial score (nSPS) is 17.4. The van der Waals surface area contributed by atoms with Crippen molar-refractivity contribution in [2.75, 3.05) is 20.1 Å². The number of piperidine rings is 1. The zero-order valence-electron chi connectivity index (χ0n) is 14.1. The van der Waals surface area contributed by atoms with Gasteiger partial charge in [-0.3, -0.25) is 4.79 Å². The molecule has 3 rings (SSSR count). The van der Waals surface area contributed by atoms with E-state index in [1.165, 1.54) is 0 Å². The highest BCUT2D eigenvalue weighted by molar-refractivity contribution is 5.90. The number of benzene rings is 1. The van der Waals surface area contributed by atoms with E-state index in [4.69, 9.17) is 0 Å². The zero-order valence-corrected chi connectivity index (χ0v) is 14.9. The molecular weight excluding hydrogens is 326 g/mol. The van der Waals surface area contributed by atoms with Crippen LogP contribution >= 0.6 is 12.4 Å². The van der Waals surface area contributed by atoms with Gasteiger partial charge in [0.15, 0.2) is 0 Å². The van der Waals surface area contributed by atoms with Crippen LogP contribution in [0.25, 0.3) is 5.69 Å². The van der Waals surface area contributed by atoms with Crippen LogP contribution in [0, 0.1) is 0 Å². The number of carbonyl (C=O) groups excluding carboxylic acids is 1. The van der Waals surface area contributed by atoms with Gasteiger partial charge >= 0.3 is 0 Å². The Morgan fingerprint density at radius 2 is 2.08 bits per heavy atom. The summed E-state index contributed by atoms with van der Waals surface area (Å²) in [7, 11) is 1.94. The van der Waals surface area contributed by atoms with E-state index < -0.39 is 0 Å². The molecule has 1 aliphatic rings. The first-order valence-electron chi connectivity index (χ1n) is 8.20. The van der Waals surface area contributed by atoms with Crippen molar-refractivity contribution in [1.82, 2.24) is 25.0 Å². The monoisotopic (exact) mass is 349 g/mol. The summed E-state index contributed by atoms with van der Waals surface area (Å²) in [6.07, 6.45) is 2.85. The largest absolute Gasteiger partial charge is 0.334 e. The SMILES string of the molecule is CCc1nc(C(=O)N2CCCC(NC)C2)nn1-c1ccccc1.Cl. The van der Waals surface area contributed by atoms with Crippen molar-refractivity contribution in [3.63, 3.8) is 0 Å². The Morgan fingerprint density at radius 1 is 1.33 bits per heavy atom. The van der Waals surface area contributed by atoms with Crippen molar-refractivity contribution >= 4 is 18.3 Å². The number of carbonyl (C=O) groups is 1. The first kappa shape index (κ1) is 18.4. The Kier molecular flexibility index (Phi) is 6.34. The number of para-hydroxylation sites is 1. The van der Waals surface area contributed by atoms with Crippen LogP contribution in [0.2, 0.25) is 0 Å². The highest BCUT2D eigenvalue weighted by Gasteiger charge is 2.27. The smallest absolute Gasteiger partial charge is 0.293 e. The first-order valence-corrected chi connectivity index (χ1v) is 8.20. The van der Waals surface area contributed by atoms with Gasteiger partial charge in [0, 0.05) is 25.6 Å². The molecule has 1 aromatic heterocycles. The standard InChI is InChI=1S/C17H23N5O.ClH/c1-3-15-19-16(20-22(15)14-9-5-4-6-10-14)17(23)21-11-7-8-13(12-21)18-2;/h4-6,9-10,13,18H,3,7-8,11-12H2,1-2H3;1H. The number of likely N-dealkylation sites (N-methyl/N-ethyl adjacent to an activating group) is 1. The molecule has 1 saturated heterocycles. The summed E-state index contributed by atoms with van der Waals surface area (Å²) in [6.45, 7) is 3.52. The third-order valence-corrected chi connectivity index (χ3v) is 4.30. The molecule has 0 aliphatic carbocycles. The van der Waals surface area contributed by atoms with E-state index in [1.54, 1.807) is 4.68 Å². The summed E-state index contributed by atoms with van der Waals surface area (Å²) in [5.41, 5.74) is 0.933. The van der Waals surface area contributed by atoms with Crippen LogP contribution in [0.5, 0.6) is 0 Å². The predicted molar refractivity (Wildman–Crippen MR) is 96.0 cm³/mol. The van der Waals surface area contributed by atoms with Gasteiger partial charge < -0.3 is 10.2 Å². The van der Waals surface area contributed by atoms with Crippen molar-refractivity contribution in [3.8, 4) is 5.69 Å². The number of rotatable bonds is 4. The van der Waals surface area contributed by atoms with Crippen molar-refractivity contribution in [3.05, 3.63) is 42.0 Å². The van der Waals surface area contributed by atoms with E-state index in [2.05, 4.69) is 15.4 Å². The minimum atomic E-state index is -0.0747. The highest BCUT2D eigenvalue weighted by atomic mass is 35.5. The third kappa shape index (κ3) is 3.76. The van der Waals surface area contributed by atoms with E-state index in [9.17, 15) is 4.79 Å². The number of likely N-dealkylation sites (tertiary alicyclic amines) is 1. The van der Waals surface area contributed by atoms with Gasteiger partial charge in [-0.05, 0) is 32.0 Å². The van der Waals surface area contributed by atoms with Crippen LogP contribution in [-0.2, 0) is 6.42 Å². The summed E-state index contributed by atoms with van der Waals surface area (Å²) >= 11 is 0. The first-order chi connectivity index (χ1) is 11.2. The maximum Gasteiger partial charge on any atom is 0.293 e. The average Bonchev–Trinajstić information content (AvgIpc) is 3.06. The molecule has 1 atom stereocenters. The van der Waals surface area contributed by atoms with Crippen LogP contribution in [0.1, 0.15) is 36.2 Å². The topological polar surface area (TPSA) is 63.1 Å². The van der Waals surface area contributed by atoms with Crippen LogP contribution in [0.3, 0.4) is 0 Å². The van der Waals surface area contributed by atoms with Crippen molar-refractivity contribution in [1.29, 1.82) is 0 Å². The van der Waals surface area contributed by atoms with Gasteiger partial charge in [0.1, 0.15) is 5.82 Å². The van der Waals surface area contributed by atoms with E-state index in [-0.39, 0.29) is 18.3 Å². The predicted octanol–water partition coefficient (Wildman–Crippen LogP) is 2.08. The quantitative estimate of drug-likeness (QED) is 0.918. The molecule has 0 spiro atoms. The number of halogens is 1. The molecule has 0 saturated carbocycles. The molecule has 1 amide bonds. The molecule has 0 bridgehead atoms. The summed E-state index contributed by atoms with van der Waals surface area (Å²) in [6, 6.07) is 10.2. The van der Waals surface area contributed by atoms with Gasteiger partial charge in [-0.15, -0.1) is 17.5 Å². The maximum atomic E-state index is 12.7. The molecule has 2 aromatic rings. The van der Waals surface area contributed by atoms with Crippen LogP contribution in [0.4, 0.5) is 0 Å². The van der Waals surface area contributed by atoms with Crippen molar-refractivity contribution in [2.24, 2.45) is 0 Å². The molecule has 2 heterocycles. The average molecular weight is 350 g/mol. The van der Waals surface area contributed by atoms with E-state index in [0.29, 0.717) is 11.9 Å². The molecule has 1 N–H and O–H groups in total. The summed E-state index contributed by atoms with van der Waals surface area (Å²) in [5, 5.41) is 7.73. The molecule has 0 radical (unpaired) electrons. The molecule has 1 aromatic carbocycles. The summed E-state index contributed by atoms with van der Waals surface area (Å²) in [4.78, 5) is 19.1. The van der Waals surface area contributed by atoms with Gasteiger partial charge in [-0.2, -0.15) is 0 Å². The van der Waals surface area contributed by atoms with E-state index in [0.717, 1.165) is 43.9 Å². The van der Waals surface area contributed by atoms with Gasteiger partial charge in [0.25, 0.3) is 5.91 Å².